The molecule has 0 saturated carbocycles. The van der Waals surface area contributed by atoms with Crippen molar-refractivity contribution in [3.63, 3.8) is 0 Å². The van der Waals surface area contributed by atoms with E-state index in [-0.39, 0.29) is 11.6 Å². The third-order valence-electron chi connectivity index (χ3n) is 4.47. The van der Waals surface area contributed by atoms with Gasteiger partial charge in [0, 0.05) is 28.9 Å². The number of ketones is 2. The van der Waals surface area contributed by atoms with Gasteiger partial charge in [-0.15, -0.1) is 0 Å². The SMILES string of the molecule is Cc1ccccc1NC1=C([n+]2ccccc2)C(=O)c2ccccc2C1=O. The number of hydrogen-bond acceptors (Lipinski definition) is 3. The van der Waals surface area contributed by atoms with Crippen LogP contribution in [0.5, 0.6) is 0 Å². The number of aromatic nitrogens is 1. The van der Waals surface area contributed by atoms with Gasteiger partial charge in [0.25, 0.3) is 11.5 Å². The molecule has 0 fully saturated rings. The average molecular weight is 341 g/mol. The van der Waals surface area contributed by atoms with Crippen LogP contribution in [0.3, 0.4) is 0 Å². The molecular formula is C22H17N2O2+. The molecule has 126 valence electrons. The summed E-state index contributed by atoms with van der Waals surface area (Å²) >= 11 is 0. The van der Waals surface area contributed by atoms with E-state index in [0.29, 0.717) is 22.5 Å². The molecule has 1 heterocycles. The Bertz CT molecular complexity index is 1050. The maximum Gasteiger partial charge on any atom is 0.286 e. The number of benzene rings is 2. The summed E-state index contributed by atoms with van der Waals surface area (Å²) < 4.78 is 1.69. The number of pyridine rings is 1. The highest BCUT2D eigenvalue weighted by Gasteiger charge is 2.38. The molecule has 0 amide bonds. The quantitative estimate of drug-likeness (QED) is 0.740. The standard InChI is InChI=1S/C22H16N2O2/c1-15-9-3-6-12-18(15)23-19-20(24-13-7-2-8-14-24)22(26)17-11-5-4-10-16(17)21(19)25/h2-14H,1H3/p+1. The Kier molecular flexibility index (Phi) is 3.93. The van der Waals surface area contributed by atoms with Crippen molar-refractivity contribution in [3.05, 3.63) is 102 Å². The second-order valence-electron chi connectivity index (χ2n) is 6.15. The summed E-state index contributed by atoms with van der Waals surface area (Å²) in [5.74, 6) is -0.359. The van der Waals surface area contributed by atoms with Gasteiger partial charge in [-0.05, 0) is 18.6 Å². The molecule has 1 aliphatic rings. The van der Waals surface area contributed by atoms with Gasteiger partial charge in [0.1, 0.15) is 0 Å². The summed E-state index contributed by atoms with van der Waals surface area (Å²) in [6.45, 7) is 1.96. The molecule has 0 unspecified atom stereocenters. The molecule has 0 spiro atoms. The summed E-state index contributed by atoms with van der Waals surface area (Å²) in [5, 5.41) is 3.21. The van der Waals surface area contributed by atoms with Crippen LogP contribution < -0.4 is 9.88 Å². The van der Waals surface area contributed by atoms with E-state index >= 15 is 0 Å². The van der Waals surface area contributed by atoms with E-state index in [1.54, 1.807) is 41.2 Å². The number of para-hydroxylation sites is 1. The topological polar surface area (TPSA) is 50.1 Å². The van der Waals surface area contributed by atoms with Crippen molar-refractivity contribution in [2.75, 3.05) is 5.32 Å². The maximum atomic E-state index is 13.2. The Labute approximate surface area is 151 Å². The molecule has 0 bridgehead atoms. The van der Waals surface area contributed by atoms with Crippen molar-refractivity contribution in [3.8, 4) is 0 Å². The van der Waals surface area contributed by atoms with Gasteiger partial charge in [0.15, 0.2) is 18.1 Å². The largest absolute Gasteiger partial charge is 0.346 e. The van der Waals surface area contributed by atoms with E-state index < -0.39 is 0 Å². The lowest BCUT2D eigenvalue weighted by atomic mass is 9.90. The highest BCUT2D eigenvalue weighted by Crippen LogP contribution is 2.28. The molecule has 1 aromatic heterocycles. The Hall–Kier alpha value is -3.53. The van der Waals surface area contributed by atoms with Gasteiger partial charge in [-0.1, -0.05) is 48.5 Å². The fourth-order valence-electron chi connectivity index (χ4n) is 3.12. The first-order valence-corrected chi connectivity index (χ1v) is 8.39. The number of nitrogens with zero attached hydrogens (tertiary/aromatic N) is 1. The van der Waals surface area contributed by atoms with Crippen LogP contribution >= 0.6 is 0 Å². The van der Waals surface area contributed by atoms with Crippen LogP contribution in [0.2, 0.25) is 0 Å². The number of nitrogens with one attached hydrogen (secondary N) is 1. The van der Waals surface area contributed by atoms with Gasteiger partial charge in [0.05, 0.1) is 0 Å². The predicted octanol–water partition coefficient (Wildman–Crippen LogP) is 3.64. The molecule has 4 rings (SSSR count). The second-order valence-corrected chi connectivity index (χ2v) is 6.15. The van der Waals surface area contributed by atoms with Crippen molar-refractivity contribution < 1.29 is 14.2 Å². The van der Waals surface area contributed by atoms with Gasteiger partial charge < -0.3 is 5.32 Å². The van der Waals surface area contributed by atoms with Crippen molar-refractivity contribution in [1.29, 1.82) is 0 Å². The molecule has 0 saturated heterocycles. The van der Waals surface area contributed by atoms with Crippen LogP contribution in [0.4, 0.5) is 5.69 Å². The van der Waals surface area contributed by atoms with E-state index in [2.05, 4.69) is 5.32 Å². The summed E-state index contributed by atoms with van der Waals surface area (Å²) in [7, 11) is 0. The lowest BCUT2D eigenvalue weighted by Crippen LogP contribution is -2.41. The third-order valence-corrected chi connectivity index (χ3v) is 4.47. The molecule has 0 aliphatic heterocycles. The van der Waals surface area contributed by atoms with Crippen LogP contribution in [0.1, 0.15) is 26.3 Å². The van der Waals surface area contributed by atoms with Gasteiger partial charge in [-0.3, -0.25) is 9.59 Å². The maximum absolute atomic E-state index is 13.2. The molecule has 1 N–H and O–H groups in total. The first-order valence-electron chi connectivity index (χ1n) is 8.39. The molecular weight excluding hydrogens is 324 g/mol. The summed E-state index contributed by atoms with van der Waals surface area (Å²) in [6, 6.07) is 20.2. The minimum absolute atomic E-state index is 0.174. The Morgan fingerprint density at radius 3 is 2.04 bits per heavy atom. The first-order chi connectivity index (χ1) is 12.7. The monoisotopic (exact) mass is 341 g/mol. The zero-order valence-corrected chi connectivity index (χ0v) is 14.3. The molecule has 4 heteroatoms. The zero-order valence-electron chi connectivity index (χ0n) is 14.3. The van der Waals surface area contributed by atoms with Crippen LogP contribution in [0, 0.1) is 6.92 Å². The number of allylic oxidation sites excluding steroid dienone is 2. The van der Waals surface area contributed by atoms with E-state index in [1.165, 1.54) is 0 Å². The van der Waals surface area contributed by atoms with Crippen LogP contribution in [0.15, 0.2) is 84.8 Å². The third kappa shape index (κ3) is 2.62. The van der Waals surface area contributed by atoms with E-state index in [1.807, 2.05) is 49.4 Å². The van der Waals surface area contributed by atoms with E-state index in [0.717, 1.165) is 11.3 Å². The number of anilines is 1. The number of rotatable bonds is 3. The van der Waals surface area contributed by atoms with Crippen LogP contribution in [-0.4, -0.2) is 11.6 Å². The van der Waals surface area contributed by atoms with Crippen LogP contribution in [0.25, 0.3) is 5.70 Å². The lowest BCUT2D eigenvalue weighted by Gasteiger charge is -2.19. The van der Waals surface area contributed by atoms with Gasteiger partial charge in [-0.25, -0.2) is 0 Å². The van der Waals surface area contributed by atoms with Crippen LogP contribution in [-0.2, 0) is 0 Å². The molecule has 3 aromatic rings. The number of carbonyl (C=O) groups excluding carboxylic acids is 2. The minimum atomic E-state index is -0.185. The molecule has 4 nitrogen and oxygen atoms in total. The van der Waals surface area contributed by atoms with E-state index in [9.17, 15) is 9.59 Å². The molecule has 26 heavy (non-hydrogen) atoms. The minimum Gasteiger partial charge on any atom is -0.346 e. The average Bonchev–Trinajstić information content (AvgIpc) is 2.68. The fraction of sp³-hybridized carbons (Fsp3) is 0.0455. The van der Waals surface area contributed by atoms with Crippen molar-refractivity contribution in [2.45, 2.75) is 6.92 Å². The number of aryl methyl sites for hydroxylation is 1. The van der Waals surface area contributed by atoms with Crippen molar-refractivity contribution >= 4 is 23.0 Å². The van der Waals surface area contributed by atoms with Gasteiger partial charge in [0.2, 0.25) is 5.78 Å². The Morgan fingerprint density at radius 1 is 0.731 bits per heavy atom. The van der Waals surface area contributed by atoms with Gasteiger partial charge in [-0.2, -0.15) is 4.57 Å². The Balaban J connectivity index is 1.94. The van der Waals surface area contributed by atoms with Crippen molar-refractivity contribution in [1.82, 2.24) is 0 Å². The molecule has 0 radical (unpaired) electrons. The molecule has 1 aliphatic carbocycles. The molecule has 2 aromatic carbocycles. The van der Waals surface area contributed by atoms with Crippen molar-refractivity contribution in [2.24, 2.45) is 0 Å². The summed E-state index contributed by atoms with van der Waals surface area (Å²) in [4.78, 5) is 26.4. The first kappa shape index (κ1) is 16.0. The zero-order chi connectivity index (χ0) is 18.1. The molecule has 0 atom stereocenters. The van der Waals surface area contributed by atoms with Gasteiger partial charge >= 0.3 is 0 Å². The van der Waals surface area contributed by atoms with E-state index in [4.69, 9.17) is 0 Å². The summed E-state index contributed by atoms with van der Waals surface area (Å²) in [6.07, 6.45) is 3.54. The lowest BCUT2D eigenvalue weighted by molar-refractivity contribution is -0.577. The number of carbonyl (C=O) groups is 2. The predicted molar refractivity (Wildman–Crippen MR) is 99.8 cm³/mol. The summed E-state index contributed by atoms with van der Waals surface area (Å²) in [5.41, 5.74) is 3.28. The number of Topliss-reactive ketones (excluding diaryl/α,β-unsaturated/α-hetero) is 2. The number of fused-ring (bicyclic) bond motifs is 1. The fourth-order valence-corrected chi connectivity index (χ4v) is 3.12. The number of hydrogen-bond donors (Lipinski definition) is 1. The normalized spacial score (nSPS) is 13.6. The smallest absolute Gasteiger partial charge is 0.286 e. The Morgan fingerprint density at radius 2 is 1.35 bits per heavy atom. The second kappa shape index (κ2) is 6.41. The highest BCUT2D eigenvalue weighted by molar-refractivity contribution is 6.36. The highest BCUT2D eigenvalue weighted by atomic mass is 16.1.